The lowest BCUT2D eigenvalue weighted by molar-refractivity contribution is -0.140. The molecule has 9 heteroatoms. The van der Waals surface area contributed by atoms with Crippen LogP contribution in [0.1, 0.15) is 33.3 Å². The molecule has 1 unspecified atom stereocenters. The number of halogens is 1. The Balaban J connectivity index is 2.02. The molecular formula is C31H35ClN2O4SSi. The largest absolute Gasteiger partial charge is 0.480 e. The molecule has 1 N–H and O–H groups in total. The zero-order valence-corrected chi connectivity index (χ0v) is 26.5. The molecule has 0 fully saturated rings. The number of para-hydroxylation sites is 1. The Hall–Kier alpha value is -3.25. The number of carbonyl (C=O) groups is 1. The molecule has 0 aliphatic heterocycles. The van der Waals surface area contributed by atoms with Gasteiger partial charge >= 0.3 is 5.97 Å². The van der Waals surface area contributed by atoms with Gasteiger partial charge in [-0.25, -0.2) is 13.2 Å². The van der Waals surface area contributed by atoms with Crippen molar-refractivity contribution >= 4 is 63.2 Å². The first-order chi connectivity index (χ1) is 18.5. The van der Waals surface area contributed by atoms with Crippen LogP contribution in [0.4, 0.5) is 5.69 Å². The van der Waals surface area contributed by atoms with E-state index < -0.39 is 35.5 Å². The summed E-state index contributed by atoms with van der Waals surface area (Å²) in [7, 11) is -6.14. The zero-order valence-electron chi connectivity index (χ0n) is 23.9. The van der Waals surface area contributed by atoms with Gasteiger partial charge in [0, 0.05) is 38.9 Å². The fourth-order valence-corrected chi connectivity index (χ4v) is 7.60. The molecule has 40 heavy (non-hydrogen) atoms. The van der Waals surface area contributed by atoms with Crippen LogP contribution in [0, 0.1) is 16.9 Å². The van der Waals surface area contributed by atoms with E-state index in [9.17, 15) is 18.3 Å². The summed E-state index contributed by atoms with van der Waals surface area (Å²) < 4.78 is 32.1. The first-order valence-electron chi connectivity index (χ1n) is 13.2. The number of hydrogen-bond donors (Lipinski definition) is 1. The summed E-state index contributed by atoms with van der Waals surface area (Å²) in [6, 6.07) is 16.3. The van der Waals surface area contributed by atoms with Gasteiger partial charge in [0.2, 0.25) is 0 Å². The van der Waals surface area contributed by atoms with Crippen molar-refractivity contribution in [3.63, 3.8) is 0 Å². The number of nitrogens with zero attached hydrogens (tertiary/aromatic N) is 2. The molecule has 210 valence electrons. The molecule has 0 radical (unpaired) electrons. The van der Waals surface area contributed by atoms with E-state index in [0.29, 0.717) is 5.56 Å². The van der Waals surface area contributed by atoms with Crippen LogP contribution in [0.3, 0.4) is 0 Å². The lowest BCUT2D eigenvalue weighted by Crippen LogP contribution is -2.52. The molecule has 6 nitrogen and oxygen atoms in total. The van der Waals surface area contributed by atoms with Gasteiger partial charge in [-0.15, -0.1) is 5.54 Å². The average Bonchev–Trinajstić information content (AvgIpc) is 3.17. The highest BCUT2D eigenvalue weighted by Gasteiger charge is 2.43. The molecular weight excluding hydrogens is 560 g/mol. The van der Waals surface area contributed by atoms with Gasteiger partial charge < -0.3 is 9.67 Å². The maximum atomic E-state index is 14.5. The van der Waals surface area contributed by atoms with Gasteiger partial charge in [-0.05, 0) is 54.8 Å². The Morgan fingerprint density at radius 2 is 1.68 bits per heavy atom. The minimum atomic E-state index is -4.40. The second-order valence-corrected chi connectivity index (χ2v) is 19.0. The normalized spacial score (nSPS) is 13.2. The molecule has 0 spiro atoms. The van der Waals surface area contributed by atoms with Gasteiger partial charge in [-0.1, -0.05) is 76.1 Å². The van der Waals surface area contributed by atoms with Gasteiger partial charge in [0.15, 0.2) is 0 Å². The van der Waals surface area contributed by atoms with E-state index in [-0.39, 0.29) is 15.6 Å². The molecule has 0 bridgehead atoms. The van der Waals surface area contributed by atoms with Crippen molar-refractivity contribution < 1.29 is 18.3 Å². The fraction of sp³-hybridized carbons (Fsp3) is 0.323. The molecule has 4 aromatic rings. The van der Waals surface area contributed by atoms with Crippen molar-refractivity contribution in [1.82, 2.24) is 4.57 Å². The highest BCUT2D eigenvalue weighted by molar-refractivity contribution is 7.93. The van der Waals surface area contributed by atoms with E-state index in [2.05, 4.69) is 42.6 Å². The van der Waals surface area contributed by atoms with Crippen LogP contribution in [0.15, 0.2) is 65.6 Å². The number of benzene rings is 3. The number of carboxylic acids is 1. The van der Waals surface area contributed by atoms with E-state index in [1.54, 1.807) is 39.0 Å². The third-order valence-corrected chi connectivity index (χ3v) is 9.49. The van der Waals surface area contributed by atoms with Crippen LogP contribution in [0.5, 0.6) is 0 Å². The number of rotatable bonds is 6. The molecule has 0 saturated heterocycles. The van der Waals surface area contributed by atoms with Crippen LogP contribution in [-0.2, 0) is 21.4 Å². The van der Waals surface area contributed by atoms with Crippen molar-refractivity contribution in [2.45, 2.75) is 64.8 Å². The van der Waals surface area contributed by atoms with Crippen LogP contribution in [0.25, 0.3) is 21.8 Å². The van der Waals surface area contributed by atoms with Crippen molar-refractivity contribution in [1.29, 1.82) is 0 Å². The number of carboxylic acid groups (broad SMARTS) is 1. The molecule has 4 rings (SSSR count). The van der Waals surface area contributed by atoms with Gasteiger partial charge in [-0.3, -0.25) is 4.31 Å². The Labute approximate surface area is 242 Å². The summed E-state index contributed by atoms with van der Waals surface area (Å²) in [4.78, 5) is 12.7. The first kappa shape index (κ1) is 29.7. The summed E-state index contributed by atoms with van der Waals surface area (Å²) in [6.07, 6.45) is 0. The number of fused-ring (bicyclic) bond motifs is 3. The Morgan fingerprint density at radius 1 is 1.02 bits per heavy atom. The van der Waals surface area contributed by atoms with Gasteiger partial charge in [0.05, 0.1) is 10.6 Å². The molecule has 0 aliphatic rings. The smallest absolute Gasteiger partial charge is 0.328 e. The third-order valence-electron chi connectivity index (χ3n) is 6.63. The quantitative estimate of drug-likeness (QED) is 0.186. The summed E-state index contributed by atoms with van der Waals surface area (Å²) in [6.45, 7) is 14.2. The lowest BCUT2D eigenvalue weighted by atomic mass is 9.86. The number of anilines is 1. The van der Waals surface area contributed by atoms with E-state index in [0.717, 1.165) is 32.7 Å². The SMILES string of the molecule is CCn1c2ccccc2c2cc(N(C(C(=O)O)C(C)(C)C)S(=O)(=O)c3cc(Cl)cc(C#C[Si](C)(C)C)c3)ccc21. The summed E-state index contributed by atoms with van der Waals surface area (Å²) >= 11 is 6.39. The molecule has 0 saturated carbocycles. The molecule has 1 atom stereocenters. The Bertz CT molecular complexity index is 1790. The molecule has 3 aromatic carbocycles. The first-order valence-corrected chi connectivity index (χ1v) is 18.5. The highest BCUT2D eigenvalue weighted by Crippen LogP contribution is 2.38. The van der Waals surface area contributed by atoms with Crippen LogP contribution in [-0.4, -0.2) is 38.2 Å². The summed E-state index contributed by atoms with van der Waals surface area (Å²) in [5.41, 5.74) is 5.01. The number of hydrogen-bond acceptors (Lipinski definition) is 3. The predicted octanol–water partition coefficient (Wildman–Crippen LogP) is 7.39. The minimum absolute atomic E-state index is 0.105. The number of aliphatic carboxylic acids is 1. The van der Waals surface area contributed by atoms with Gasteiger partial charge in [0.1, 0.15) is 14.1 Å². The van der Waals surface area contributed by atoms with Crippen molar-refractivity contribution in [3.8, 4) is 11.5 Å². The average molecular weight is 595 g/mol. The van der Waals surface area contributed by atoms with Gasteiger partial charge in [0.25, 0.3) is 10.0 Å². The number of aryl methyl sites for hydroxylation is 1. The summed E-state index contributed by atoms with van der Waals surface area (Å²) in [5.74, 6) is 1.83. The van der Waals surface area contributed by atoms with Gasteiger partial charge in [-0.2, -0.15) is 0 Å². The second kappa shape index (κ2) is 10.6. The van der Waals surface area contributed by atoms with E-state index in [1.807, 2.05) is 30.3 Å². The monoisotopic (exact) mass is 594 g/mol. The molecule has 0 aliphatic carbocycles. The minimum Gasteiger partial charge on any atom is -0.480 e. The molecule has 1 heterocycles. The Morgan fingerprint density at radius 3 is 2.27 bits per heavy atom. The predicted molar refractivity (Wildman–Crippen MR) is 167 cm³/mol. The number of aromatic nitrogens is 1. The topological polar surface area (TPSA) is 79.6 Å². The third kappa shape index (κ3) is 5.78. The zero-order chi connectivity index (χ0) is 29.6. The molecule has 0 amide bonds. The lowest BCUT2D eigenvalue weighted by Gasteiger charge is -2.37. The van der Waals surface area contributed by atoms with E-state index in [1.165, 1.54) is 12.1 Å². The standard InChI is InChI=1S/C31H35ClN2O4SSi/c1-8-33-27-12-10-9-11-25(27)26-20-23(13-14-28(26)33)34(29(30(35)36)31(2,3)4)39(37,38)24-18-21(17-22(32)19-24)15-16-40(5,6)7/h9-14,17-20,29H,8H2,1-7H3,(H,35,36). The maximum absolute atomic E-state index is 14.5. The molecule has 1 aromatic heterocycles. The maximum Gasteiger partial charge on any atom is 0.328 e. The van der Waals surface area contributed by atoms with Crippen molar-refractivity contribution in [3.05, 3.63) is 71.2 Å². The van der Waals surface area contributed by atoms with Crippen LogP contribution < -0.4 is 4.31 Å². The Kier molecular flexibility index (Phi) is 7.89. The highest BCUT2D eigenvalue weighted by atomic mass is 35.5. The summed E-state index contributed by atoms with van der Waals surface area (Å²) in [5, 5.41) is 12.4. The van der Waals surface area contributed by atoms with Crippen LogP contribution in [0.2, 0.25) is 24.7 Å². The van der Waals surface area contributed by atoms with Crippen molar-refractivity contribution in [2.75, 3.05) is 4.31 Å². The van der Waals surface area contributed by atoms with Crippen LogP contribution >= 0.6 is 11.6 Å². The fourth-order valence-electron chi connectivity index (χ4n) is 4.93. The number of sulfonamides is 1. The second-order valence-electron chi connectivity index (χ2n) is 12.0. The van der Waals surface area contributed by atoms with E-state index >= 15 is 0 Å². The van der Waals surface area contributed by atoms with E-state index in [4.69, 9.17) is 11.6 Å². The van der Waals surface area contributed by atoms with Crippen molar-refractivity contribution in [2.24, 2.45) is 5.41 Å².